The molecule has 0 fully saturated rings. The van der Waals surface area contributed by atoms with Gasteiger partial charge in [0.25, 0.3) is 5.56 Å². The first-order chi connectivity index (χ1) is 16.0. The zero-order chi connectivity index (χ0) is 24.5. The van der Waals surface area contributed by atoms with Crippen molar-refractivity contribution in [2.24, 2.45) is 0 Å². The highest BCUT2D eigenvalue weighted by molar-refractivity contribution is 6.76. The Hall–Kier alpha value is -3.18. The first kappa shape index (κ1) is 24.0. The molecule has 3 heterocycles. The van der Waals surface area contributed by atoms with Crippen molar-refractivity contribution in [3.05, 3.63) is 59.3 Å². The summed E-state index contributed by atoms with van der Waals surface area (Å²) >= 11 is 0. The van der Waals surface area contributed by atoms with Crippen LogP contribution in [0.3, 0.4) is 0 Å². The second kappa shape index (κ2) is 9.22. The van der Waals surface area contributed by atoms with Crippen molar-refractivity contribution in [2.45, 2.75) is 45.1 Å². The molecule has 0 aliphatic rings. The monoisotopic (exact) mass is 490 g/mol. The highest BCUT2D eigenvalue weighted by Crippen LogP contribution is 2.30. The molecule has 11 heteroatoms. The molecule has 0 amide bonds. The van der Waals surface area contributed by atoms with Crippen molar-refractivity contribution in [3.8, 4) is 11.5 Å². The summed E-state index contributed by atoms with van der Waals surface area (Å²) in [5.74, 6) is 0.709. The fourth-order valence-electron chi connectivity index (χ4n) is 3.59. The van der Waals surface area contributed by atoms with Gasteiger partial charge in [0.15, 0.2) is 0 Å². The van der Waals surface area contributed by atoms with Crippen LogP contribution in [0.4, 0.5) is 13.2 Å². The van der Waals surface area contributed by atoms with E-state index >= 15 is 0 Å². The maximum Gasteiger partial charge on any atom is 0.406 e. The summed E-state index contributed by atoms with van der Waals surface area (Å²) in [5.41, 5.74) is -0.244. The summed E-state index contributed by atoms with van der Waals surface area (Å²) in [7, 11) is -1.29. The van der Waals surface area contributed by atoms with Gasteiger partial charge in [0.05, 0.1) is 28.8 Å². The molecule has 0 radical (unpaired) electrons. The molecule has 0 saturated heterocycles. The quantitative estimate of drug-likeness (QED) is 0.244. The maximum absolute atomic E-state index is 13.4. The summed E-state index contributed by atoms with van der Waals surface area (Å²) in [6.45, 7) is 5.93. The van der Waals surface area contributed by atoms with Crippen molar-refractivity contribution in [2.75, 3.05) is 6.61 Å². The third-order valence-corrected chi connectivity index (χ3v) is 6.95. The van der Waals surface area contributed by atoms with E-state index in [0.29, 0.717) is 27.8 Å². The molecule has 4 aromatic rings. The average Bonchev–Trinajstić information content (AvgIpc) is 3.18. The molecule has 0 N–H and O–H groups in total. The molecule has 0 aliphatic heterocycles. The zero-order valence-electron chi connectivity index (χ0n) is 19.1. The maximum atomic E-state index is 13.4. The van der Waals surface area contributed by atoms with Crippen LogP contribution >= 0.6 is 0 Å². The summed E-state index contributed by atoms with van der Waals surface area (Å²) in [6, 6.07) is 9.02. The molecule has 0 unspecified atom stereocenters. The number of ether oxygens (including phenoxy) is 2. The number of aromatic nitrogens is 4. The lowest BCUT2D eigenvalue weighted by Crippen LogP contribution is -2.28. The van der Waals surface area contributed by atoms with Crippen LogP contribution in [-0.2, 0) is 18.0 Å². The number of hydrogen-bond donors (Lipinski definition) is 0. The SMILES string of the molecule is C[Si](C)(C)CCOCn1ncc2c(=O)n(CC(F)(F)F)c3cc(Oc4cccnc4)ccc3c21. The molecule has 0 atom stereocenters. The van der Waals surface area contributed by atoms with Gasteiger partial charge in [-0.2, -0.15) is 18.3 Å². The molecule has 3 aromatic heterocycles. The Morgan fingerprint density at radius 2 is 1.85 bits per heavy atom. The molecule has 0 bridgehead atoms. The number of nitrogens with zero attached hydrogens (tertiary/aromatic N) is 4. The standard InChI is InChI=1S/C23H25F3N4O3Si/c1-34(2,3)10-9-32-15-30-21-18-7-6-16(33-17-5-4-8-27-12-17)11-20(18)29(14-23(24,25)26)22(31)19(21)13-28-30/h4-8,11-13H,9-10,14-15H2,1-3H3. The Labute approximate surface area is 194 Å². The third-order valence-electron chi connectivity index (χ3n) is 5.25. The van der Waals surface area contributed by atoms with Gasteiger partial charge in [0.2, 0.25) is 0 Å². The van der Waals surface area contributed by atoms with Crippen molar-refractivity contribution < 1.29 is 22.6 Å². The van der Waals surface area contributed by atoms with Crippen LogP contribution in [0.5, 0.6) is 11.5 Å². The molecular weight excluding hydrogens is 465 g/mol. The van der Waals surface area contributed by atoms with E-state index in [-0.39, 0.29) is 23.4 Å². The molecule has 4 rings (SSSR count). The summed E-state index contributed by atoms with van der Waals surface area (Å²) in [5, 5.41) is 4.79. The van der Waals surface area contributed by atoms with Crippen LogP contribution in [0.2, 0.25) is 25.7 Å². The minimum atomic E-state index is -4.58. The molecule has 34 heavy (non-hydrogen) atoms. The van der Waals surface area contributed by atoms with Gasteiger partial charge in [0.1, 0.15) is 24.8 Å². The number of benzene rings is 1. The van der Waals surface area contributed by atoms with Gasteiger partial charge in [-0.1, -0.05) is 19.6 Å². The normalized spacial score (nSPS) is 12.5. The Bertz CT molecular complexity index is 1360. The lowest BCUT2D eigenvalue weighted by atomic mass is 10.1. The van der Waals surface area contributed by atoms with E-state index in [9.17, 15) is 18.0 Å². The van der Waals surface area contributed by atoms with Gasteiger partial charge in [0, 0.05) is 32.3 Å². The lowest BCUT2D eigenvalue weighted by Gasteiger charge is -2.17. The predicted octanol–water partition coefficient (Wildman–Crippen LogP) is 5.41. The van der Waals surface area contributed by atoms with Gasteiger partial charge in [-0.15, -0.1) is 0 Å². The van der Waals surface area contributed by atoms with Crippen LogP contribution < -0.4 is 10.3 Å². The topological polar surface area (TPSA) is 71.2 Å². The van der Waals surface area contributed by atoms with Crippen LogP contribution in [0.15, 0.2) is 53.7 Å². The number of alkyl halides is 3. The van der Waals surface area contributed by atoms with Crippen LogP contribution in [0, 0.1) is 0 Å². The van der Waals surface area contributed by atoms with Gasteiger partial charge in [-0.3, -0.25) is 14.3 Å². The largest absolute Gasteiger partial charge is 0.456 e. The predicted molar refractivity (Wildman–Crippen MR) is 126 cm³/mol. The van der Waals surface area contributed by atoms with Crippen molar-refractivity contribution >= 4 is 29.9 Å². The van der Waals surface area contributed by atoms with E-state index < -0.39 is 26.4 Å². The molecule has 1 aromatic carbocycles. The van der Waals surface area contributed by atoms with Crippen molar-refractivity contribution in [1.82, 2.24) is 19.3 Å². The van der Waals surface area contributed by atoms with E-state index in [1.165, 1.54) is 23.1 Å². The molecule has 180 valence electrons. The van der Waals surface area contributed by atoms with Crippen LogP contribution in [0.25, 0.3) is 21.8 Å². The Balaban J connectivity index is 1.80. The lowest BCUT2D eigenvalue weighted by molar-refractivity contribution is -0.140. The fourth-order valence-corrected chi connectivity index (χ4v) is 4.34. The zero-order valence-corrected chi connectivity index (χ0v) is 20.1. The van der Waals surface area contributed by atoms with Gasteiger partial charge < -0.3 is 9.47 Å². The number of halogens is 3. The van der Waals surface area contributed by atoms with E-state index in [4.69, 9.17) is 9.47 Å². The summed E-state index contributed by atoms with van der Waals surface area (Å²) in [4.78, 5) is 17.1. The van der Waals surface area contributed by atoms with E-state index in [2.05, 4.69) is 29.7 Å². The smallest absolute Gasteiger partial charge is 0.406 e. The number of pyridine rings is 2. The van der Waals surface area contributed by atoms with Crippen LogP contribution in [-0.4, -0.2) is 40.2 Å². The Morgan fingerprint density at radius 1 is 1.06 bits per heavy atom. The van der Waals surface area contributed by atoms with E-state index in [0.717, 1.165) is 6.04 Å². The number of rotatable bonds is 8. The van der Waals surface area contributed by atoms with Gasteiger partial charge >= 0.3 is 6.18 Å². The average molecular weight is 491 g/mol. The first-order valence-corrected chi connectivity index (χ1v) is 14.5. The minimum absolute atomic E-state index is 0.0970. The van der Waals surface area contributed by atoms with Crippen molar-refractivity contribution in [1.29, 1.82) is 0 Å². The molecule has 0 aliphatic carbocycles. The highest BCUT2D eigenvalue weighted by atomic mass is 28.3. The van der Waals surface area contributed by atoms with E-state index in [1.807, 2.05) is 0 Å². The van der Waals surface area contributed by atoms with Crippen molar-refractivity contribution in [3.63, 3.8) is 0 Å². The summed E-state index contributed by atoms with van der Waals surface area (Å²) in [6.07, 6.45) is -0.215. The highest BCUT2D eigenvalue weighted by Gasteiger charge is 2.30. The summed E-state index contributed by atoms with van der Waals surface area (Å²) < 4.78 is 53.9. The Morgan fingerprint density at radius 3 is 2.53 bits per heavy atom. The molecular formula is C23H25F3N4O3Si. The third kappa shape index (κ3) is 5.48. The molecule has 7 nitrogen and oxygen atoms in total. The van der Waals surface area contributed by atoms with Gasteiger partial charge in [-0.25, -0.2) is 4.68 Å². The first-order valence-electron chi connectivity index (χ1n) is 10.8. The fraction of sp³-hybridized carbons (Fsp3) is 0.348. The van der Waals surface area contributed by atoms with Gasteiger partial charge in [-0.05, 0) is 30.3 Å². The molecule has 0 spiro atoms. The second-order valence-corrected chi connectivity index (χ2v) is 14.9. The Kier molecular flexibility index (Phi) is 6.50. The molecule has 0 saturated carbocycles. The number of fused-ring (bicyclic) bond motifs is 3. The minimum Gasteiger partial charge on any atom is -0.456 e. The van der Waals surface area contributed by atoms with Crippen LogP contribution in [0.1, 0.15) is 0 Å². The second-order valence-electron chi connectivity index (χ2n) is 9.23. The number of hydrogen-bond acceptors (Lipinski definition) is 5. The van der Waals surface area contributed by atoms with E-state index in [1.54, 1.807) is 30.5 Å².